The standard InChI is InChI=1S/C23H28N4O3.ClH/c1-4-20-15-27(23(29)30-20)19-7-5-18(6-8-19)22(28)26-11-9-25(10-12-26)21-17(3)13-16(2)14-24-21;/h5-8,13-14,20H,4,9-12,15H2,1-3H3;1H. The highest BCUT2D eigenvalue weighted by Gasteiger charge is 2.31. The number of aromatic nitrogens is 1. The molecule has 2 aliphatic heterocycles. The molecule has 4 rings (SSSR count). The summed E-state index contributed by atoms with van der Waals surface area (Å²) >= 11 is 0. The molecule has 7 nitrogen and oxygen atoms in total. The number of hydrogen-bond donors (Lipinski definition) is 0. The van der Waals surface area contributed by atoms with Crippen molar-refractivity contribution in [2.75, 3.05) is 42.5 Å². The van der Waals surface area contributed by atoms with Crippen molar-refractivity contribution in [2.24, 2.45) is 0 Å². The van der Waals surface area contributed by atoms with E-state index in [-0.39, 0.29) is 30.5 Å². The van der Waals surface area contributed by atoms with Crippen LogP contribution in [0.5, 0.6) is 0 Å². The third kappa shape index (κ3) is 4.77. The van der Waals surface area contributed by atoms with Crippen LogP contribution in [0.3, 0.4) is 0 Å². The van der Waals surface area contributed by atoms with Gasteiger partial charge in [-0.25, -0.2) is 9.78 Å². The van der Waals surface area contributed by atoms with E-state index in [1.807, 2.05) is 37.1 Å². The normalized spacial score (nSPS) is 18.6. The van der Waals surface area contributed by atoms with Gasteiger partial charge in [0, 0.05) is 43.6 Å². The number of anilines is 2. The summed E-state index contributed by atoms with van der Waals surface area (Å²) in [6.07, 6.45) is 2.29. The van der Waals surface area contributed by atoms with Gasteiger partial charge in [-0.1, -0.05) is 13.0 Å². The molecule has 2 aromatic rings. The lowest BCUT2D eigenvalue weighted by Gasteiger charge is -2.36. The fraction of sp³-hybridized carbons (Fsp3) is 0.435. The van der Waals surface area contributed by atoms with Crippen molar-refractivity contribution in [3.8, 4) is 0 Å². The first-order chi connectivity index (χ1) is 14.5. The average Bonchev–Trinajstić information content (AvgIpc) is 3.14. The molecule has 0 aliphatic carbocycles. The van der Waals surface area contributed by atoms with E-state index < -0.39 is 0 Å². The highest BCUT2D eigenvalue weighted by Crippen LogP contribution is 2.24. The van der Waals surface area contributed by atoms with Crippen molar-refractivity contribution >= 4 is 35.9 Å². The van der Waals surface area contributed by atoms with Crippen LogP contribution < -0.4 is 9.80 Å². The maximum Gasteiger partial charge on any atom is 0.414 e. The molecule has 1 aromatic heterocycles. The molecular formula is C23H29ClN4O3. The number of benzene rings is 1. The minimum Gasteiger partial charge on any atom is -0.444 e. The molecule has 1 atom stereocenters. The zero-order valence-electron chi connectivity index (χ0n) is 18.2. The molecule has 31 heavy (non-hydrogen) atoms. The molecule has 2 amide bonds. The van der Waals surface area contributed by atoms with Gasteiger partial charge in [0.05, 0.1) is 6.54 Å². The molecule has 166 valence electrons. The van der Waals surface area contributed by atoms with E-state index in [0.717, 1.165) is 42.1 Å². The number of carbonyl (C=O) groups excluding carboxylic acids is 2. The van der Waals surface area contributed by atoms with E-state index in [2.05, 4.69) is 22.9 Å². The summed E-state index contributed by atoms with van der Waals surface area (Å²) in [6.45, 7) is 9.51. The molecule has 1 aromatic carbocycles. The van der Waals surface area contributed by atoms with E-state index in [9.17, 15) is 9.59 Å². The largest absolute Gasteiger partial charge is 0.444 e. The second-order valence-electron chi connectivity index (χ2n) is 8.00. The summed E-state index contributed by atoms with van der Waals surface area (Å²) in [6, 6.07) is 9.37. The van der Waals surface area contributed by atoms with Gasteiger partial charge in [-0.05, 0) is 55.7 Å². The molecule has 3 heterocycles. The molecule has 0 spiro atoms. The Morgan fingerprint density at radius 3 is 2.39 bits per heavy atom. The van der Waals surface area contributed by atoms with Crippen LogP contribution in [-0.2, 0) is 4.74 Å². The number of aryl methyl sites for hydroxylation is 2. The summed E-state index contributed by atoms with van der Waals surface area (Å²) in [4.78, 5) is 35.3. The minimum absolute atomic E-state index is 0. The van der Waals surface area contributed by atoms with Gasteiger partial charge < -0.3 is 14.5 Å². The van der Waals surface area contributed by atoms with E-state index in [4.69, 9.17) is 4.74 Å². The summed E-state index contributed by atoms with van der Waals surface area (Å²) in [5.41, 5.74) is 3.71. The second kappa shape index (κ2) is 9.56. The zero-order valence-corrected chi connectivity index (χ0v) is 19.0. The summed E-state index contributed by atoms with van der Waals surface area (Å²) in [5.74, 6) is 1.02. The van der Waals surface area contributed by atoms with Gasteiger partial charge >= 0.3 is 6.09 Å². The van der Waals surface area contributed by atoms with Gasteiger partial charge in [-0.2, -0.15) is 0 Å². The lowest BCUT2D eigenvalue weighted by atomic mass is 10.1. The monoisotopic (exact) mass is 444 g/mol. The zero-order chi connectivity index (χ0) is 21.3. The Balaban J connectivity index is 0.00000272. The number of carbonyl (C=O) groups is 2. The smallest absolute Gasteiger partial charge is 0.414 e. The first-order valence-corrected chi connectivity index (χ1v) is 10.5. The van der Waals surface area contributed by atoms with Crippen molar-refractivity contribution in [3.63, 3.8) is 0 Å². The molecule has 1 unspecified atom stereocenters. The van der Waals surface area contributed by atoms with Crippen LogP contribution in [0.2, 0.25) is 0 Å². The van der Waals surface area contributed by atoms with Gasteiger partial charge in [-0.3, -0.25) is 9.69 Å². The number of nitrogens with zero attached hydrogens (tertiary/aromatic N) is 4. The Morgan fingerprint density at radius 2 is 1.81 bits per heavy atom. The van der Waals surface area contributed by atoms with E-state index in [0.29, 0.717) is 25.2 Å². The van der Waals surface area contributed by atoms with Gasteiger partial charge in [-0.15, -0.1) is 12.4 Å². The minimum atomic E-state index is -0.322. The van der Waals surface area contributed by atoms with Crippen LogP contribution in [0.1, 0.15) is 34.8 Å². The summed E-state index contributed by atoms with van der Waals surface area (Å²) in [7, 11) is 0. The first-order valence-electron chi connectivity index (χ1n) is 10.5. The Labute approximate surface area is 189 Å². The van der Waals surface area contributed by atoms with Crippen molar-refractivity contribution in [3.05, 3.63) is 53.2 Å². The van der Waals surface area contributed by atoms with Crippen LogP contribution in [0, 0.1) is 13.8 Å². The van der Waals surface area contributed by atoms with Crippen LogP contribution in [0.4, 0.5) is 16.3 Å². The summed E-state index contributed by atoms with van der Waals surface area (Å²) < 4.78 is 5.31. The molecule has 0 radical (unpaired) electrons. The molecule has 2 saturated heterocycles. The van der Waals surface area contributed by atoms with Gasteiger partial charge in [0.25, 0.3) is 5.91 Å². The van der Waals surface area contributed by atoms with Crippen molar-refractivity contribution in [1.82, 2.24) is 9.88 Å². The number of ether oxygens (including phenoxy) is 1. The maximum atomic E-state index is 12.9. The second-order valence-corrected chi connectivity index (χ2v) is 8.00. The quantitative estimate of drug-likeness (QED) is 0.717. The average molecular weight is 445 g/mol. The number of hydrogen-bond acceptors (Lipinski definition) is 5. The number of halogens is 1. The number of pyridine rings is 1. The number of rotatable bonds is 4. The molecular weight excluding hydrogens is 416 g/mol. The van der Waals surface area contributed by atoms with Crippen molar-refractivity contribution < 1.29 is 14.3 Å². The maximum absolute atomic E-state index is 12.9. The molecule has 2 fully saturated rings. The predicted octanol–water partition coefficient (Wildman–Crippen LogP) is 3.82. The SMILES string of the molecule is CCC1CN(c2ccc(C(=O)N3CCN(c4ncc(C)cc4C)CC3)cc2)C(=O)O1.Cl. The fourth-order valence-corrected chi connectivity index (χ4v) is 4.07. The highest BCUT2D eigenvalue weighted by atomic mass is 35.5. The number of cyclic esters (lactones) is 1. The van der Waals surface area contributed by atoms with E-state index in [1.165, 1.54) is 0 Å². The Morgan fingerprint density at radius 1 is 1.13 bits per heavy atom. The third-order valence-corrected chi connectivity index (χ3v) is 5.81. The van der Waals surface area contributed by atoms with Crippen molar-refractivity contribution in [1.29, 1.82) is 0 Å². The lowest BCUT2D eigenvalue weighted by Crippen LogP contribution is -2.49. The van der Waals surface area contributed by atoms with E-state index >= 15 is 0 Å². The van der Waals surface area contributed by atoms with Gasteiger partial charge in [0.1, 0.15) is 11.9 Å². The molecule has 2 aliphatic rings. The van der Waals surface area contributed by atoms with Crippen LogP contribution in [0.25, 0.3) is 0 Å². The van der Waals surface area contributed by atoms with Gasteiger partial charge in [0.15, 0.2) is 0 Å². The molecule has 0 bridgehead atoms. The number of amides is 2. The molecule has 0 saturated carbocycles. The Kier molecular flexibility index (Phi) is 7.05. The molecule has 8 heteroatoms. The Hall–Kier alpha value is -2.80. The third-order valence-electron chi connectivity index (χ3n) is 5.81. The lowest BCUT2D eigenvalue weighted by molar-refractivity contribution is 0.0746. The van der Waals surface area contributed by atoms with Crippen LogP contribution in [0.15, 0.2) is 36.5 Å². The van der Waals surface area contributed by atoms with Crippen LogP contribution >= 0.6 is 12.4 Å². The van der Waals surface area contributed by atoms with Crippen molar-refractivity contribution in [2.45, 2.75) is 33.3 Å². The molecule has 0 N–H and O–H groups in total. The topological polar surface area (TPSA) is 66.0 Å². The summed E-state index contributed by atoms with van der Waals surface area (Å²) in [5, 5.41) is 0. The first kappa shape index (κ1) is 22.9. The highest BCUT2D eigenvalue weighted by molar-refractivity contribution is 5.96. The van der Waals surface area contributed by atoms with Gasteiger partial charge in [0.2, 0.25) is 0 Å². The number of piperazine rings is 1. The fourth-order valence-electron chi connectivity index (χ4n) is 4.07. The van der Waals surface area contributed by atoms with Crippen LogP contribution in [-0.4, -0.2) is 60.7 Å². The Bertz CT molecular complexity index is 942. The van der Waals surface area contributed by atoms with E-state index in [1.54, 1.807) is 17.0 Å². The predicted molar refractivity (Wildman–Crippen MR) is 123 cm³/mol.